The highest BCUT2D eigenvalue weighted by atomic mass is 32.1. The minimum Gasteiger partial charge on any atom is -0.394 e. The molecule has 72 valence electrons. The molecule has 1 saturated heterocycles. The van der Waals surface area contributed by atoms with Crippen LogP contribution in [-0.4, -0.2) is 56.9 Å². The van der Waals surface area contributed by atoms with E-state index in [0.717, 1.165) is 0 Å². The zero-order valence-electron chi connectivity index (χ0n) is 6.24. The second kappa shape index (κ2) is 3.91. The van der Waals surface area contributed by atoms with Crippen LogP contribution < -0.4 is 0 Å². The summed E-state index contributed by atoms with van der Waals surface area (Å²) >= 11 is 3.82. The fourth-order valence-electron chi connectivity index (χ4n) is 1.08. The Morgan fingerprint density at radius 2 is 1.75 bits per heavy atom. The Hall–Kier alpha value is 0.150. The van der Waals surface area contributed by atoms with Crippen LogP contribution in [0.15, 0.2) is 0 Å². The average Bonchev–Trinajstić information content (AvgIpc) is 2.08. The summed E-state index contributed by atoms with van der Waals surface area (Å²) in [5.74, 6) is 0. The Morgan fingerprint density at radius 1 is 1.17 bits per heavy atom. The quantitative estimate of drug-likeness (QED) is 0.305. The molecule has 1 heterocycles. The molecule has 1 fully saturated rings. The monoisotopic (exact) mass is 196 g/mol. The molecule has 12 heavy (non-hydrogen) atoms. The van der Waals surface area contributed by atoms with Crippen molar-refractivity contribution in [2.24, 2.45) is 0 Å². The molecule has 0 bridgehead atoms. The maximum Gasteiger partial charge on any atom is 0.169 e. The van der Waals surface area contributed by atoms with Gasteiger partial charge in [0.2, 0.25) is 0 Å². The smallest absolute Gasteiger partial charge is 0.169 e. The van der Waals surface area contributed by atoms with E-state index in [1.807, 2.05) is 0 Å². The van der Waals surface area contributed by atoms with Crippen molar-refractivity contribution in [2.75, 3.05) is 6.61 Å². The van der Waals surface area contributed by atoms with Gasteiger partial charge in [0.15, 0.2) is 6.29 Å². The summed E-state index contributed by atoms with van der Waals surface area (Å²) in [6, 6.07) is 0. The van der Waals surface area contributed by atoms with Crippen LogP contribution in [0.2, 0.25) is 0 Å². The van der Waals surface area contributed by atoms with E-state index < -0.39 is 36.5 Å². The van der Waals surface area contributed by atoms with Crippen molar-refractivity contribution in [1.82, 2.24) is 0 Å². The second-order valence-corrected chi connectivity index (χ2v) is 3.32. The van der Waals surface area contributed by atoms with E-state index >= 15 is 0 Å². The minimum absolute atomic E-state index is 0.449. The Bertz CT molecular complexity index is 150. The molecule has 0 aromatic heterocycles. The summed E-state index contributed by atoms with van der Waals surface area (Å²) in [4.78, 5) is 0. The second-order valence-electron chi connectivity index (χ2n) is 2.72. The van der Waals surface area contributed by atoms with Crippen LogP contribution in [0.3, 0.4) is 0 Å². The summed E-state index contributed by atoms with van der Waals surface area (Å²) in [7, 11) is 0. The molecule has 0 radical (unpaired) electrons. The van der Waals surface area contributed by atoms with E-state index in [1.54, 1.807) is 0 Å². The molecule has 1 rings (SSSR count). The van der Waals surface area contributed by atoms with Crippen LogP contribution in [0, 0.1) is 0 Å². The number of aliphatic hydroxyl groups is 4. The third-order valence-electron chi connectivity index (χ3n) is 1.87. The SMILES string of the molecule is OC[C@@H]1OC(O)[C@H](S)[C@H](O)[C@H]1O. The van der Waals surface area contributed by atoms with E-state index in [2.05, 4.69) is 12.6 Å². The molecule has 5 atom stereocenters. The summed E-state index contributed by atoms with van der Waals surface area (Å²) in [5, 5.41) is 35.4. The van der Waals surface area contributed by atoms with E-state index in [4.69, 9.17) is 14.9 Å². The van der Waals surface area contributed by atoms with E-state index in [0.29, 0.717) is 0 Å². The van der Waals surface area contributed by atoms with Gasteiger partial charge in [-0.2, -0.15) is 12.6 Å². The number of hydrogen-bond acceptors (Lipinski definition) is 6. The molecule has 4 N–H and O–H groups in total. The Balaban J connectivity index is 2.63. The van der Waals surface area contributed by atoms with Crippen LogP contribution in [-0.2, 0) is 4.74 Å². The number of thiol groups is 1. The molecule has 1 aliphatic rings. The number of rotatable bonds is 1. The van der Waals surface area contributed by atoms with Gasteiger partial charge in [0.25, 0.3) is 0 Å². The molecule has 0 spiro atoms. The first-order valence-corrected chi connectivity index (χ1v) is 4.08. The van der Waals surface area contributed by atoms with Crippen molar-refractivity contribution in [3.8, 4) is 0 Å². The normalized spacial score (nSPS) is 49.2. The van der Waals surface area contributed by atoms with Crippen molar-refractivity contribution in [3.05, 3.63) is 0 Å². The molecular formula is C6H12O5S. The van der Waals surface area contributed by atoms with Gasteiger partial charge < -0.3 is 25.2 Å². The first kappa shape index (κ1) is 10.2. The first-order valence-electron chi connectivity index (χ1n) is 3.56. The van der Waals surface area contributed by atoms with Gasteiger partial charge in [-0.15, -0.1) is 0 Å². The molecule has 0 aliphatic carbocycles. The lowest BCUT2D eigenvalue weighted by atomic mass is 10.0. The van der Waals surface area contributed by atoms with Gasteiger partial charge in [-0.05, 0) is 0 Å². The number of ether oxygens (including phenoxy) is 1. The van der Waals surface area contributed by atoms with Crippen LogP contribution in [0.5, 0.6) is 0 Å². The zero-order chi connectivity index (χ0) is 9.30. The van der Waals surface area contributed by atoms with Crippen LogP contribution in [0.25, 0.3) is 0 Å². The third-order valence-corrected chi connectivity index (χ3v) is 2.43. The largest absolute Gasteiger partial charge is 0.394 e. The Labute approximate surface area is 75.0 Å². The molecule has 6 heteroatoms. The molecule has 1 unspecified atom stereocenters. The minimum atomic E-state index is -1.26. The molecular weight excluding hydrogens is 184 g/mol. The molecule has 0 aromatic carbocycles. The fraction of sp³-hybridized carbons (Fsp3) is 1.00. The molecule has 0 amide bonds. The summed E-state index contributed by atoms with van der Waals surface area (Å²) in [6.07, 6.45) is -4.60. The highest BCUT2D eigenvalue weighted by molar-refractivity contribution is 7.81. The van der Waals surface area contributed by atoms with E-state index in [-0.39, 0.29) is 0 Å². The van der Waals surface area contributed by atoms with Crippen molar-refractivity contribution < 1.29 is 25.2 Å². The number of hydrogen-bond donors (Lipinski definition) is 5. The highest BCUT2D eigenvalue weighted by Crippen LogP contribution is 2.22. The van der Waals surface area contributed by atoms with Gasteiger partial charge in [-0.25, -0.2) is 0 Å². The lowest BCUT2D eigenvalue weighted by molar-refractivity contribution is -0.234. The molecule has 0 aromatic rings. The lowest BCUT2D eigenvalue weighted by Gasteiger charge is -2.37. The van der Waals surface area contributed by atoms with Crippen molar-refractivity contribution >= 4 is 12.6 Å². The lowest BCUT2D eigenvalue weighted by Crippen LogP contribution is -2.56. The van der Waals surface area contributed by atoms with Crippen molar-refractivity contribution in [3.63, 3.8) is 0 Å². The number of aliphatic hydroxyl groups excluding tert-OH is 4. The maximum atomic E-state index is 9.24. The summed E-state index contributed by atoms with van der Waals surface area (Å²) < 4.78 is 4.75. The molecule has 1 aliphatic heterocycles. The topological polar surface area (TPSA) is 90.2 Å². The van der Waals surface area contributed by atoms with Gasteiger partial charge in [0, 0.05) is 0 Å². The van der Waals surface area contributed by atoms with Crippen LogP contribution >= 0.6 is 12.6 Å². The predicted molar refractivity (Wildman–Crippen MR) is 42.8 cm³/mol. The van der Waals surface area contributed by atoms with Crippen LogP contribution in [0.4, 0.5) is 0 Å². The summed E-state index contributed by atoms with van der Waals surface area (Å²) in [6.45, 7) is -0.449. The Kier molecular flexibility index (Phi) is 3.33. The highest BCUT2D eigenvalue weighted by Gasteiger charge is 2.41. The predicted octanol–water partition coefficient (Wildman–Crippen LogP) is -2.28. The fourth-order valence-corrected chi connectivity index (χ4v) is 1.33. The van der Waals surface area contributed by atoms with Gasteiger partial charge in [0.1, 0.15) is 12.2 Å². The van der Waals surface area contributed by atoms with Gasteiger partial charge in [-0.1, -0.05) is 0 Å². The zero-order valence-corrected chi connectivity index (χ0v) is 7.13. The maximum absolute atomic E-state index is 9.24. The van der Waals surface area contributed by atoms with E-state index in [1.165, 1.54) is 0 Å². The average molecular weight is 196 g/mol. The van der Waals surface area contributed by atoms with Gasteiger partial charge in [-0.3, -0.25) is 0 Å². The first-order chi connectivity index (χ1) is 5.57. The molecule has 0 saturated carbocycles. The van der Waals surface area contributed by atoms with Crippen LogP contribution in [0.1, 0.15) is 0 Å². The molecule has 5 nitrogen and oxygen atoms in total. The summed E-state index contributed by atoms with van der Waals surface area (Å²) in [5.41, 5.74) is 0. The van der Waals surface area contributed by atoms with Gasteiger partial charge >= 0.3 is 0 Å². The van der Waals surface area contributed by atoms with Crippen molar-refractivity contribution in [2.45, 2.75) is 29.9 Å². The van der Waals surface area contributed by atoms with E-state index in [9.17, 15) is 10.2 Å². The Morgan fingerprint density at radius 3 is 2.25 bits per heavy atom. The third kappa shape index (κ3) is 1.73. The van der Waals surface area contributed by atoms with Gasteiger partial charge in [0.05, 0.1) is 18.0 Å². The standard InChI is InChI=1S/C6H12O5S/c7-1-2-3(8)4(9)5(12)6(10)11-2/h2-10,12H,1H2/t2-,3-,4+,5+,6?/m0/s1. The van der Waals surface area contributed by atoms with Crippen molar-refractivity contribution in [1.29, 1.82) is 0 Å².